The zero-order valence-electron chi connectivity index (χ0n) is 9.67. The molecule has 1 heterocycles. The minimum absolute atomic E-state index is 0.243. The molecule has 0 radical (unpaired) electrons. The highest BCUT2D eigenvalue weighted by molar-refractivity contribution is 5.79. The molecule has 3 nitrogen and oxygen atoms in total. The zero-order chi connectivity index (χ0) is 11.0. The molecule has 1 aliphatic heterocycles. The molecule has 88 valence electrons. The average molecular weight is 220 g/mol. The maximum absolute atomic E-state index is 11.8. The number of piperidine rings is 1. The van der Waals surface area contributed by atoms with Crippen molar-refractivity contribution in [1.82, 2.24) is 10.6 Å². The fourth-order valence-electron chi connectivity index (χ4n) is 3.14. The van der Waals surface area contributed by atoms with Gasteiger partial charge < -0.3 is 10.6 Å². The third-order valence-corrected chi connectivity index (χ3v) is 4.19. The molecule has 1 amide bonds. The van der Waals surface area contributed by atoms with Crippen molar-refractivity contribution >= 4 is 5.91 Å². The Morgan fingerprint density at radius 1 is 1.38 bits per heavy atom. The summed E-state index contributed by atoms with van der Waals surface area (Å²) >= 11 is 0. The Bertz CT molecular complexity index is 314. The molecule has 3 rings (SSSR count). The number of fused-ring (bicyclic) bond motifs is 1. The predicted molar refractivity (Wildman–Crippen MR) is 62.9 cm³/mol. The van der Waals surface area contributed by atoms with Gasteiger partial charge in [0.15, 0.2) is 0 Å². The minimum atomic E-state index is 0.243. The van der Waals surface area contributed by atoms with Gasteiger partial charge in [-0.15, -0.1) is 0 Å². The smallest absolute Gasteiger partial charge is 0.224 e. The molecule has 2 atom stereocenters. The number of hydrogen-bond acceptors (Lipinski definition) is 2. The third kappa shape index (κ3) is 2.01. The Morgan fingerprint density at radius 2 is 2.19 bits per heavy atom. The van der Waals surface area contributed by atoms with Crippen molar-refractivity contribution in [3.05, 3.63) is 11.6 Å². The maximum atomic E-state index is 11.8. The summed E-state index contributed by atoms with van der Waals surface area (Å²) in [6.45, 7) is 2.19. The molecule has 0 spiro atoms. The van der Waals surface area contributed by atoms with Gasteiger partial charge in [0.05, 0.1) is 0 Å². The molecule has 0 aromatic rings. The van der Waals surface area contributed by atoms with Crippen LogP contribution in [0.25, 0.3) is 0 Å². The maximum Gasteiger partial charge on any atom is 0.224 e. The highest BCUT2D eigenvalue weighted by atomic mass is 16.1. The first-order chi connectivity index (χ1) is 7.84. The van der Waals surface area contributed by atoms with Crippen LogP contribution in [0.15, 0.2) is 11.6 Å². The van der Waals surface area contributed by atoms with E-state index in [-0.39, 0.29) is 5.91 Å². The first kappa shape index (κ1) is 10.3. The highest BCUT2D eigenvalue weighted by Crippen LogP contribution is 2.41. The number of amides is 1. The molecule has 2 aliphatic carbocycles. The van der Waals surface area contributed by atoms with Crippen LogP contribution < -0.4 is 10.6 Å². The molecule has 0 aromatic carbocycles. The van der Waals surface area contributed by atoms with E-state index in [1.54, 1.807) is 0 Å². The largest absolute Gasteiger partial charge is 0.352 e. The second kappa shape index (κ2) is 4.21. The second-order valence-corrected chi connectivity index (χ2v) is 5.36. The van der Waals surface area contributed by atoms with Gasteiger partial charge in [-0.25, -0.2) is 0 Å². The van der Waals surface area contributed by atoms with Gasteiger partial charge in [0.25, 0.3) is 0 Å². The van der Waals surface area contributed by atoms with E-state index < -0.39 is 0 Å². The van der Waals surface area contributed by atoms with Gasteiger partial charge in [0.2, 0.25) is 5.91 Å². The predicted octanol–water partition coefficient (Wildman–Crippen LogP) is 1.21. The van der Waals surface area contributed by atoms with Gasteiger partial charge in [-0.2, -0.15) is 0 Å². The Balaban J connectivity index is 1.45. The van der Waals surface area contributed by atoms with Crippen LogP contribution in [0.5, 0.6) is 0 Å². The first-order valence-corrected chi connectivity index (χ1v) is 6.52. The van der Waals surface area contributed by atoms with Gasteiger partial charge in [0.1, 0.15) is 0 Å². The molecule has 2 unspecified atom stereocenters. The van der Waals surface area contributed by atoms with Crippen molar-refractivity contribution in [3.63, 3.8) is 0 Å². The van der Waals surface area contributed by atoms with Crippen LogP contribution in [-0.4, -0.2) is 25.0 Å². The van der Waals surface area contributed by atoms with Gasteiger partial charge >= 0.3 is 0 Å². The first-order valence-electron chi connectivity index (χ1n) is 6.52. The van der Waals surface area contributed by atoms with Gasteiger partial charge in [-0.1, -0.05) is 11.6 Å². The van der Waals surface area contributed by atoms with Crippen LogP contribution in [0, 0.1) is 11.8 Å². The summed E-state index contributed by atoms with van der Waals surface area (Å²) in [5.74, 6) is 1.70. The molecule has 1 saturated carbocycles. The van der Waals surface area contributed by atoms with Gasteiger partial charge in [-0.3, -0.25) is 4.79 Å². The standard InChI is InChI=1S/C13H20N2O/c16-12(6-9-4-2-1-3-5-9)15-13-10-7-14-8-11(10)13/h4,10-11,13-14H,1-3,5-8H2,(H,15,16). The van der Waals surface area contributed by atoms with E-state index in [0.29, 0.717) is 12.5 Å². The molecular formula is C13H20N2O. The van der Waals surface area contributed by atoms with E-state index >= 15 is 0 Å². The van der Waals surface area contributed by atoms with Crippen LogP contribution >= 0.6 is 0 Å². The lowest BCUT2D eigenvalue weighted by Gasteiger charge is -2.13. The average Bonchev–Trinajstić information content (AvgIpc) is 2.76. The van der Waals surface area contributed by atoms with Gasteiger partial charge in [-0.05, 0) is 37.5 Å². The number of rotatable bonds is 3. The molecule has 0 aromatic heterocycles. The van der Waals surface area contributed by atoms with Crippen LogP contribution in [-0.2, 0) is 4.79 Å². The number of allylic oxidation sites excluding steroid dienone is 1. The molecular weight excluding hydrogens is 200 g/mol. The summed E-state index contributed by atoms with van der Waals surface area (Å²) in [6.07, 6.45) is 7.76. The van der Waals surface area contributed by atoms with E-state index in [1.807, 2.05) is 0 Å². The van der Waals surface area contributed by atoms with Crippen LogP contribution in [0.1, 0.15) is 32.1 Å². The van der Waals surface area contributed by atoms with E-state index in [2.05, 4.69) is 16.7 Å². The molecule has 2 fully saturated rings. The van der Waals surface area contributed by atoms with Crippen molar-refractivity contribution < 1.29 is 4.79 Å². The molecule has 3 heteroatoms. The van der Waals surface area contributed by atoms with Crippen LogP contribution in [0.3, 0.4) is 0 Å². The summed E-state index contributed by atoms with van der Waals surface area (Å²) in [6, 6.07) is 0.484. The molecule has 2 N–H and O–H groups in total. The molecule has 3 aliphatic rings. The number of nitrogens with one attached hydrogen (secondary N) is 2. The van der Waals surface area contributed by atoms with Crippen molar-refractivity contribution in [1.29, 1.82) is 0 Å². The van der Waals surface area contributed by atoms with Gasteiger partial charge in [0, 0.05) is 25.6 Å². The quantitative estimate of drug-likeness (QED) is 0.702. The van der Waals surface area contributed by atoms with Crippen molar-refractivity contribution in [3.8, 4) is 0 Å². The fraction of sp³-hybridized carbons (Fsp3) is 0.769. The third-order valence-electron chi connectivity index (χ3n) is 4.19. The zero-order valence-corrected chi connectivity index (χ0v) is 9.67. The minimum Gasteiger partial charge on any atom is -0.352 e. The van der Waals surface area contributed by atoms with Crippen molar-refractivity contribution in [2.24, 2.45) is 11.8 Å². The summed E-state index contributed by atoms with van der Waals surface area (Å²) in [4.78, 5) is 11.8. The van der Waals surface area contributed by atoms with E-state index in [4.69, 9.17) is 0 Å². The summed E-state index contributed by atoms with van der Waals surface area (Å²) in [5.41, 5.74) is 1.35. The number of carbonyl (C=O) groups excluding carboxylic acids is 1. The fourth-order valence-corrected chi connectivity index (χ4v) is 3.14. The van der Waals surface area contributed by atoms with E-state index in [0.717, 1.165) is 31.3 Å². The van der Waals surface area contributed by atoms with E-state index in [9.17, 15) is 4.79 Å². The summed E-state index contributed by atoms with van der Waals surface area (Å²) in [7, 11) is 0. The molecule has 16 heavy (non-hydrogen) atoms. The summed E-state index contributed by atoms with van der Waals surface area (Å²) in [5, 5.41) is 6.53. The Labute approximate surface area is 96.7 Å². The second-order valence-electron chi connectivity index (χ2n) is 5.36. The highest BCUT2D eigenvalue weighted by Gasteiger charge is 2.53. The Hall–Kier alpha value is -0.830. The van der Waals surface area contributed by atoms with E-state index in [1.165, 1.54) is 24.8 Å². The molecule has 0 bridgehead atoms. The monoisotopic (exact) mass is 220 g/mol. The Morgan fingerprint density at radius 3 is 2.88 bits per heavy atom. The summed E-state index contributed by atoms with van der Waals surface area (Å²) < 4.78 is 0. The van der Waals surface area contributed by atoms with Crippen LogP contribution in [0.2, 0.25) is 0 Å². The lowest BCUT2D eigenvalue weighted by Crippen LogP contribution is -2.32. The van der Waals surface area contributed by atoms with Crippen LogP contribution in [0.4, 0.5) is 0 Å². The topological polar surface area (TPSA) is 41.1 Å². The lowest BCUT2D eigenvalue weighted by molar-refractivity contribution is -0.120. The van der Waals surface area contributed by atoms with Crippen molar-refractivity contribution in [2.45, 2.75) is 38.1 Å². The van der Waals surface area contributed by atoms with Crippen molar-refractivity contribution in [2.75, 3.05) is 13.1 Å². The number of hydrogen-bond donors (Lipinski definition) is 2. The molecule has 1 saturated heterocycles. The lowest BCUT2D eigenvalue weighted by atomic mass is 9.97. The Kier molecular flexibility index (Phi) is 2.72. The normalized spacial score (nSPS) is 36.5. The number of carbonyl (C=O) groups is 1. The SMILES string of the molecule is O=C(CC1=CCCCC1)NC1C2CNCC21.